The van der Waals surface area contributed by atoms with Crippen LogP contribution in [-0.2, 0) is 11.2 Å². The lowest BCUT2D eigenvalue weighted by Crippen LogP contribution is -2.61. The summed E-state index contributed by atoms with van der Waals surface area (Å²) in [5.74, 6) is -2.99. The molecule has 4 aliphatic heterocycles. The second-order valence-corrected chi connectivity index (χ2v) is 8.68. The highest BCUT2D eigenvalue weighted by molar-refractivity contribution is 5.93. The van der Waals surface area contributed by atoms with Gasteiger partial charge in [0, 0.05) is 41.2 Å². The Labute approximate surface area is 167 Å². The SMILES string of the molecule is NC(=O)C1=C2CCC34CCCCN(C3)C(Cc3c(F)cc(F)cc3F)C(=CC1)N24. The summed E-state index contributed by atoms with van der Waals surface area (Å²) in [4.78, 5) is 16.6. The van der Waals surface area contributed by atoms with Gasteiger partial charge in [-0.05, 0) is 51.5 Å². The van der Waals surface area contributed by atoms with Gasteiger partial charge in [-0.25, -0.2) is 13.2 Å². The predicted octanol–water partition coefficient (Wildman–Crippen LogP) is 3.38. The van der Waals surface area contributed by atoms with Crippen LogP contribution < -0.4 is 5.73 Å². The maximum Gasteiger partial charge on any atom is 0.246 e. The Morgan fingerprint density at radius 2 is 1.93 bits per heavy atom. The van der Waals surface area contributed by atoms with Crippen LogP contribution in [0, 0.1) is 17.5 Å². The number of benzene rings is 1. The molecule has 1 spiro atoms. The number of carbonyl (C=O) groups excluding carboxylic acids is 1. The molecule has 5 rings (SSSR count). The monoisotopic (exact) mass is 403 g/mol. The molecule has 2 bridgehead atoms. The van der Waals surface area contributed by atoms with Crippen LogP contribution >= 0.6 is 0 Å². The second-order valence-electron chi connectivity index (χ2n) is 8.68. The molecular formula is C22H24F3N3O. The van der Waals surface area contributed by atoms with Gasteiger partial charge in [0.05, 0.1) is 11.6 Å². The normalized spacial score (nSPS) is 30.7. The maximum atomic E-state index is 14.4. The Bertz CT molecular complexity index is 934. The van der Waals surface area contributed by atoms with Crippen LogP contribution in [0.5, 0.6) is 0 Å². The first-order chi connectivity index (χ1) is 13.9. The fourth-order valence-corrected chi connectivity index (χ4v) is 5.86. The van der Waals surface area contributed by atoms with Crippen molar-refractivity contribution in [1.82, 2.24) is 9.80 Å². The van der Waals surface area contributed by atoms with Crippen molar-refractivity contribution in [3.63, 3.8) is 0 Å². The summed E-state index contributed by atoms with van der Waals surface area (Å²) in [5, 5.41) is 0. The summed E-state index contributed by atoms with van der Waals surface area (Å²) < 4.78 is 42.2. The Hall–Kier alpha value is -2.28. The van der Waals surface area contributed by atoms with Crippen molar-refractivity contribution in [3.8, 4) is 0 Å². The molecule has 29 heavy (non-hydrogen) atoms. The molecule has 4 aliphatic rings. The quantitative estimate of drug-likeness (QED) is 0.842. The van der Waals surface area contributed by atoms with E-state index in [9.17, 15) is 18.0 Å². The molecule has 0 aliphatic carbocycles. The first kappa shape index (κ1) is 18.7. The van der Waals surface area contributed by atoms with Crippen molar-refractivity contribution >= 4 is 5.91 Å². The van der Waals surface area contributed by atoms with Gasteiger partial charge in [-0.3, -0.25) is 9.69 Å². The van der Waals surface area contributed by atoms with Gasteiger partial charge in [0.25, 0.3) is 0 Å². The predicted molar refractivity (Wildman–Crippen MR) is 102 cm³/mol. The molecule has 4 nitrogen and oxygen atoms in total. The molecule has 3 fully saturated rings. The Kier molecular flexibility index (Phi) is 4.28. The van der Waals surface area contributed by atoms with E-state index in [1.165, 1.54) is 0 Å². The van der Waals surface area contributed by atoms with Crippen molar-refractivity contribution in [2.75, 3.05) is 13.1 Å². The third-order valence-electron chi connectivity index (χ3n) is 7.11. The standard InChI is InChI=1S/C22H24F3N3O/c23-13-9-16(24)15(17(25)10-13)11-20-19-4-3-14(21(26)29)18-5-7-22(28(18)19)6-1-2-8-27(20)12-22/h4,9-10,20H,1-3,5-8,11-12H2,(H2,26,29). The smallest absolute Gasteiger partial charge is 0.246 e. The van der Waals surface area contributed by atoms with Gasteiger partial charge in [-0.2, -0.15) is 0 Å². The molecule has 3 unspecified atom stereocenters. The minimum absolute atomic E-state index is 0.0742. The Morgan fingerprint density at radius 3 is 2.66 bits per heavy atom. The van der Waals surface area contributed by atoms with E-state index in [0.717, 1.165) is 68.7 Å². The first-order valence-electron chi connectivity index (χ1n) is 10.3. The number of nitrogens with zero attached hydrogens (tertiary/aromatic N) is 2. The van der Waals surface area contributed by atoms with Gasteiger partial charge < -0.3 is 10.6 Å². The molecule has 1 amide bonds. The lowest BCUT2D eigenvalue weighted by atomic mass is 9.84. The number of piperazine rings is 1. The van der Waals surface area contributed by atoms with Crippen molar-refractivity contribution in [2.24, 2.45) is 5.73 Å². The van der Waals surface area contributed by atoms with E-state index in [2.05, 4.69) is 9.80 Å². The number of halogens is 3. The van der Waals surface area contributed by atoms with E-state index in [1.54, 1.807) is 0 Å². The topological polar surface area (TPSA) is 49.6 Å². The fraction of sp³-hybridized carbons (Fsp3) is 0.500. The average Bonchev–Trinajstić information content (AvgIpc) is 2.92. The summed E-state index contributed by atoms with van der Waals surface area (Å²) in [6.45, 7) is 1.67. The number of rotatable bonds is 3. The van der Waals surface area contributed by atoms with Crippen molar-refractivity contribution in [1.29, 1.82) is 0 Å². The largest absolute Gasteiger partial charge is 0.366 e. The van der Waals surface area contributed by atoms with Gasteiger partial charge in [-0.1, -0.05) is 6.08 Å². The summed E-state index contributed by atoms with van der Waals surface area (Å²) in [6.07, 6.45) is 7.48. The van der Waals surface area contributed by atoms with E-state index in [-0.39, 0.29) is 23.6 Å². The zero-order valence-corrected chi connectivity index (χ0v) is 16.2. The lowest BCUT2D eigenvalue weighted by Gasteiger charge is -2.54. The molecule has 3 atom stereocenters. The number of amides is 1. The van der Waals surface area contributed by atoms with Crippen LogP contribution in [0.2, 0.25) is 0 Å². The molecule has 1 aromatic rings. The number of hydrogen-bond donors (Lipinski definition) is 1. The zero-order chi connectivity index (χ0) is 20.3. The van der Waals surface area contributed by atoms with E-state index in [1.807, 2.05) is 6.08 Å². The van der Waals surface area contributed by atoms with Crippen LogP contribution in [0.3, 0.4) is 0 Å². The zero-order valence-electron chi connectivity index (χ0n) is 16.2. The van der Waals surface area contributed by atoms with Crippen molar-refractivity contribution in [2.45, 2.75) is 56.5 Å². The van der Waals surface area contributed by atoms with E-state index in [4.69, 9.17) is 5.73 Å². The van der Waals surface area contributed by atoms with Crippen LogP contribution in [-0.4, -0.2) is 40.4 Å². The molecule has 1 aromatic carbocycles. The third-order valence-corrected chi connectivity index (χ3v) is 7.11. The van der Waals surface area contributed by atoms with E-state index < -0.39 is 23.4 Å². The second kappa shape index (κ2) is 6.62. The third kappa shape index (κ3) is 2.81. The summed E-state index contributed by atoms with van der Waals surface area (Å²) in [5.41, 5.74) is 8.14. The molecule has 7 heteroatoms. The van der Waals surface area contributed by atoms with Gasteiger partial charge in [-0.15, -0.1) is 0 Å². The number of fused-ring (bicyclic) bond motifs is 1. The number of allylic oxidation sites excluding steroid dienone is 2. The van der Waals surface area contributed by atoms with Crippen LogP contribution in [0.15, 0.2) is 35.2 Å². The van der Waals surface area contributed by atoms with Gasteiger partial charge >= 0.3 is 0 Å². The first-order valence-corrected chi connectivity index (χ1v) is 10.3. The maximum absolute atomic E-state index is 14.4. The average molecular weight is 403 g/mol. The minimum atomic E-state index is -0.908. The summed E-state index contributed by atoms with van der Waals surface area (Å²) in [7, 11) is 0. The molecule has 2 N–H and O–H groups in total. The van der Waals surface area contributed by atoms with Crippen molar-refractivity contribution in [3.05, 3.63) is 58.2 Å². The van der Waals surface area contributed by atoms with E-state index >= 15 is 0 Å². The van der Waals surface area contributed by atoms with Gasteiger partial charge in [0.15, 0.2) is 0 Å². The summed E-state index contributed by atoms with van der Waals surface area (Å²) in [6, 6.07) is 1.28. The highest BCUT2D eigenvalue weighted by atomic mass is 19.1. The molecule has 154 valence electrons. The highest BCUT2D eigenvalue weighted by Crippen LogP contribution is 2.52. The van der Waals surface area contributed by atoms with Crippen LogP contribution in [0.1, 0.15) is 44.1 Å². The number of hydrogen-bond acceptors (Lipinski definition) is 3. The molecule has 4 heterocycles. The van der Waals surface area contributed by atoms with Crippen LogP contribution in [0.25, 0.3) is 0 Å². The Morgan fingerprint density at radius 1 is 1.17 bits per heavy atom. The molecule has 3 saturated heterocycles. The van der Waals surface area contributed by atoms with E-state index in [0.29, 0.717) is 12.0 Å². The molecular weight excluding hydrogens is 379 g/mol. The molecule has 0 saturated carbocycles. The molecule has 0 radical (unpaired) electrons. The van der Waals surface area contributed by atoms with Gasteiger partial charge in [0.2, 0.25) is 5.91 Å². The number of nitrogens with two attached hydrogens (primary N) is 1. The lowest BCUT2D eigenvalue weighted by molar-refractivity contribution is -0.114. The fourth-order valence-electron chi connectivity index (χ4n) is 5.86. The highest BCUT2D eigenvalue weighted by Gasteiger charge is 2.54. The van der Waals surface area contributed by atoms with Gasteiger partial charge in [0.1, 0.15) is 17.5 Å². The summed E-state index contributed by atoms with van der Waals surface area (Å²) >= 11 is 0. The number of carbonyl (C=O) groups is 1. The number of primary amides is 1. The minimum Gasteiger partial charge on any atom is -0.366 e. The Balaban J connectivity index is 1.59. The molecule has 0 aromatic heterocycles. The van der Waals surface area contributed by atoms with Crippen molar-refractivity contribution < 1.29 is 18.0 Å². The van der Waals surface area contributed by atoms with Crippen LogP contribution in [0.4, 0.5) is 13.2 Å².